The molecule has 2 fully saturated rings. The first-order chi connectivity index (χ1) is 9.41. The van der Waals surface area contributed by atoms with Crippen LogP contribution in [0.1, 0.15) is 46.0 Å². The average molecular weight is 283 g/mol. The van der Waals surface area contributed by atoms with E-state index in [1.165, 1.54) is 7.11 Å². The molecule has 0 aromatic rings. The molecule has 0 aromatic carbocycles. The van der Waals surface area contributed by atoms with E-state index >= 15 is 0 Å². The standard InChI is InChI=1S/C15H25NO4/c1-15(2)9-12(6-7-20-15)16-13(17)10-4-5-11(8-10)14(18)19-3/h10-12H,4-9H2,1-3H3,(H,16,17)/t10-,11+,12-/m0/s1. The van der Waals surface area contributed by atoms with E-state index in [0.717, 1.165) is 25.7 Å². The molecule has 1 saturated heterocycles. The van der Waals surface area contributed by atoms with Gasteiger partial charge in [-0.3, -0.25) is 9.59 Å². The molecule has 5 nitrogen and oxygen atoms in total. The fourth-order valence-electron chi connectivity index (χ4n) is 3.27. The second-order valence-corrected chi connectivity index (χ2v) is 6.54. The third kappa shape index (κ3) is 3.72. The van der Waals surface area contributed by atoms with E-state index in [-0.39, 0.29) is 35.4 Å². The van der Waals surface area contributed by atoms with E-state index in [9.17, 15) is 9.59 Å². The van der Waals surface area contributed by atoms with E-state index in [2.05, 4.69) is 5.32 Å². The maximum Gasteiger partial charge on any atom is 0.308 e. The Balaban J connectivity index is 1.82. The number of rotatable bonds is 3. The highest BCUT2D eigenvalue weighted by atomic mass is 16.5. The second-order valence-electron chi connectivity index (χ2n) is 6.54. The van der Waals surface area contributed by atoms with Crippen molar-refractivity contribution >= 4 is 11.9 Å². The number of nitrogens with one attached hydrogen (secondary N) is 1. The van der Waals surface area contributed by atoms with Gasteiger partial charge in [0.1, 0.15) is 0 Å². The van der Waals surface area contributed by atoms with Gasteiger partial charge >= 0.3 is 5.97 Å². The zero-order valence-electron chi connectivity index (χ0n) is 12.6. The molecule has 3 atom stereocenters. The van der Waals surface area contributed by atoms with Crippen LogP contribution < -0.4 is 5.32 Å². The highest BCUT2D eigenvalue weighted by Gasteiger charge is 2.36. The molecule has 1 N–H and O–H groups in total. The highest BCUT2D eigenvalue weighted by molar-refractivity contribution is 5.81. The average Bonchev–Trinajstić information content (AvgIpc) is 2.86. The van der Waals surface area contributed by atoms with Crippen molar-refractivity contribution < 1.29 is 19.1 Å². The summed E-state index contributed by atoms with van der Waals surface area (Å²) < 4.78 is 10.4. The molecule has 1 aliphatic heterocycles. The molecule has 1 aliphatic carbocycles. The quantitative estimate of drug-likeness (QED) is 0.800. The number of hydrogen-bond acceptors (Lipinski definition) is 4. The van der Waals surface area contributed by atoms with Gasteiger partial charge in [-0.1, -0.05) is 0 Å². The number of methoxy groups -OCH3 is 1. The van der Waals surface area contributed by atoms with Crippen molar-refractivity contribution in [3.63, 3.8) is 0 Å². The van der Waals surface area contributed by atoms with Crippen molar-refractivity contribution in [3.8, 4) is 0 Å². The molecule has 0 aromatic heterocycles. The molecule has 0 radical (unpaired) electrons. The largest absolute Gasteiger partial charge is 0.469 e. The smallest absolute Gasteiger partial charge is 0.308 e. The molecule has 1 amide bonds. The monoisotopic (exact) mass is 283 g/mol. The Labute approximate surface area is 120 Å². The van der Waals surface area contributed by atoms with Gasteiger partial charge in [-0.15, -0.1) is 0 Å². The van der Waals surface area contributed by atoms with Crippen molar-refractivity contribution in [2.75, 3.05) is 13.7 Å². The maximum absolute atomic E-state index is 12.3. The van der Waals surface area contributed by atoms with Crippen molar-refractivity contribution in [2.45, 2.75) is 57.6 Å². The number of esters is 1. The number of ether oxygens (including phenoxy) is 2. The lowest BCUT2D eigenvalue weighted by atomic mass is 9.93. The van der Waals surface area contributed by atoms with Gasteiger partial charge in [-0.05, 0) is 46.0 Å². The minimum Gasteiger partial charge on any atom is -0.469 e. The molecule has 0 bridgehead atoms. The van der Waals surface area contributed by atoms with Crippen molar-refractivity contribution in [2.24, 2.45) is 11.8 Å². The topological polar surface area (TPSA) is 64.6 Å². The lowest BCUT2D eigenvalue weighted by Crippen LogP contribution is -2.47. The van der Waals surface area contributed by atoms with Crippen LogP contribution in [0.15, 0.2) is 0 Å². The molecule has 2 aliphatic rings. The van der Waals surface area contributed by atoms with E-state index in [4.69, 9.17) is 9.47 Å². The summed E-state index contributed by atoms with van der Waals surface area (Å²) in [6.45, 7) is 4.79. The van der Waals surface area contributed by atoms with E-state index in [1.54, 1.807) is 0 Å². The first-order valence-electron chi connectivity index (χ1n) is 7.43. The summed E-state index contributed by atoms with van der Waals surface area (Å²) in [7, 11) is 1.40. The molecule has 1 saturated carbocycles. The Bertz CT molecular complexity index is 380. The predicted octanol–water partition coefficient (Wildman–Crippen LogP) is 1.65. The molecular formula is C15H25NO4. The van der Waals surface area contributed by atoms with Gasteiger partial charge in [0.15, 0.2) is 0 Å². The summed E-state index contributed by atoms with van der Waals surface area (Å²) in [5, 5.41) is 3.12. The summed E-state index contributed by atoms with van der Waals surface area (Å²) in [6, 6.07) is 0.184. The number of amides is 1. The summed E-state index contributed by atoms with van der Waals surface area (Å²) >= 11 is 0. The van der Waals surface area contributed by atoms with Crippen LogP contribution in [0.5, 0.6) is 0 Å². The van der Waals surface area contributed by atoms with Crippen LogP contribution >= 0.6 is 0 Å². The molecular weight excluding hydrogens is 258 g/mol. The van der Waals surface area contributed by atoms with Crippen LogP contribution in [0.3, 0.4) is 0 Å². The van der Waals surface area contributed by atoms with E-state index in [0.29, 0.717) is 13.0 Å². The Kier molecular flexibility index (Phi) is 4.68. The van der Waals surface area contributed by atoms with Crippen molar-refractivity contribution in [3.05, 3.63) is 0 Å². The summed E-state index contributed by atoms with van der Waals surface area (Å²) in [5.41, 5.74) is -0.166. The summed E-state index contributed by atoms with van der Waals surface area (Å²) in [4.78, 5) is 23.8. The number of carbonyl (C=O) groups is 2. The zero-order valence-corrected chi connectivity index (χ0v) is 12.6. The molecule has 1 heterocycles. The SMILES string of the molecule is COC(=O)[C@@H]1CC[C@H](C(=O)N[C@H]2CCOC(C)(C)C2)C1. The lowest BCUT2D eigenvalue weighted by Gasteiger charge is -2.36. The minimum absolute atomic E-state index is 0.0509. The normalized spacial score (nSPS) is 32.6. The van der Waals surface area contributed by atoms with Gasteiger partial charge in [-0.2, -0.15) is 0 Å². The van der Waals surface area contributed by atoms with Crippen LogP contribution in [0.2, 0.25) is 0 Å². The van der Waals surface area contributed by atoms with Crippen molar-refractivity contribution in [1.29, 1.82) is 0 Å². The summed E-state index contributed by atoms with van der Waals surface area (Å²) in [5.74, 6) is -0.265. The van der Waals surface area contributed by atoms with Gasteiger partial charge in [0.25, 0.3) is 0 Å². The molecule has 20 heavy (non-hydrogen) atoms. The van der Waals surface area contributed by atoms with Crippen LogP contribution in [-0.4, -0.2) is 37.2 Å². The van der Waals surface area contributed by atoms with Gasteiger partial charge in [0.05, 0.1) is 18.6 Å². The Hall–Kier alpha value is -1.10. The first kappa shape index (κ1) is 15.3. The Morgan fingerprint density at radius 2 is 1.90 bits per heavy atom. The number of hydrogen-bond donors (Lipinski definition) is 1. The van der Waals surface area contributed by atoms with Crippen LogP contribution in [0.25, 0.3) is 0 Å². The van der Waals surface area contributed by atoms with Gasteiger partial charge < -0.3 is 14.8 Å². The zero-order chi connectivity index (χ0) is 14.8. The van der Waals surface area contributed by atoms with Crippen LogP contribution in [0.4, 0.5) is 0 Å². The predicted molar refractivity (Wildman–Crippen MR) is 74.0 cm³/mol. The number of carbonyl (C=O) groups excluding carboxylic acids is 2. The summed E-state index contributed by atoms with van der Waals surface area (Å²) in [6.07, 6.45) is 3.85. The fourth-order valence-corrected chi connectivity index (χ4v) is 3.27. The van der Waals surface area contributed by atoms with Crippen molar-refractivity contribution in [1.82, 2.24) is 5.32 Å². The Morgan fingerprint density at radius 3 is 2.55 bits per heavy atom. The van der Waals surface area contributed by atoms with Gasteiger partial charge in [0, 0.05) is 18.6 Å². The van der Waals surface area contributed by atoms with Crippen LogP contribution in [0, 0.1) is 11.8 Å². The van der Waals surface area contributed by atoms with Gasteiger partial charge in [-0.25, -0.2) is 0 Å². The molecule has 5 heteroatoms. The third-order valence-corrected chi connectivity index (χ3v) is 4.38. The molecule has 0 spiro atoms. The van der Waals surface area contributed by atoms with Crippen LogP contribution in [-0.2, 0) is 19.1 Å². The first-order valence-corrected chi connectivity index (χ1v) is 7.43. The molecule has 0 unspecified atom stereocenters. The van der Waals surface area contributed by atoms with E-state index in [1.807, 2.05) is 13.8 Å². The lowest BCUT2D eigenvalue weighted by molar-refractivity contribution is -0.145. The van der Waals surface area contributed by atoms with E-state index < -0.39 is 0 Å². The third-order valence-electron chi connectivity index (χ3n) is 4.38. The second kappa shape index (κ2) is 6.12. The minimum atomic E-state index is -0.188. The highest BCUT2D eigenvalue weighted by Crippen LogP contribution is 2.32. The Morgan fingerprint density at radius 1 is 1.20 bits per heavy atom. The molecule has 2 rings (SSSR count). The fraction of sp³-hybridized carbons (Fsp3) is 0.867. The molecule has 114 valence electrons. The maximum atomic E-state index is 12.3. The van der Waals surface area contributed by atoms with Gasteiger partial charge in [0.2, 0.25) is 5.91 Å².